The van der Waals surface area contributed by atoms with Crippen LogP contribution in [0.4, 0.5) is 13.2 Å². The number of hydrogen-bond acceptors (Lipinski definition) is 3. The van der Waals surface area contributed by atoms with Gasteiger partial charge in [0.05, 0.1) is 11.6 Å². The zero-order valence-electron chi connectivity index (χ0n) is 18.4. The predicted octanol–water partition coefficient (Wildman–Crippen LogP) is 4.67. The standard InChI is InChI=1S/C26H24F3N3O2/c27-26(28,29)21-6-3-4-18(16-21)17-31-23(33)8-9-24(34)32-15-12-19-5-1-2-7-22(19)25(32)20-10-13-30-14-11-20/h1-7,10-11,13-14,16,25H,8-9,12,15,17H2,(H,31,33). The number of carbonyl (C=O) groups is 2. The highest BCUT2D eigenvalue weighted by molar-refractivity contribution is 5.84. The molecule has 5 nitrogen and oxygen atoms in total. The third-order valence-corrected chi connectivity index (χ3v) is 5.94. The molecule has 2 heterocycles. The molecular formula is C26H24F3N3O2. The average Bonchev–Trinajstić information content (AvgIpc) is 2.85. The van der Waals surface area contributed by atoms with Crippen molar-refractivity contribution in [1.82, 2.24) is 15.2 Å². The van der Waals surface area contributed by atoms with Crippen molar-refractivity contribution in [3.05, 3.63) is 101 Å². The summed E-state index contributed by atoms with van der Waals surface area (Å²) in [6.07, 6.45) is -0.361. The quantitative estimate of drug-likeness (QED) is 0.573. The molecule has 4 rings (SSSR count). The van der Waals surface area contributed by atoms with Gasteiger partial charge in [-0.25, -0.2) is 0 Å². The van der Waals surface area contributed by atoms with Crippen LogP contribution in [0, 0.1) is 0 Å². The maximum atomic E-state index is 13.1. The fourth-order valence-electron chi connectivity index (χ4n) is 4.25. The van der Waals surface area contributed by atoms with E-state index in [1.54, 1.807) is 17.3 Å². The zero-order chi connectivity index (χ0) is 24.1. The number of aromatic nitrogens is 1. The van der Waals surface area contributed by atoms with Gasteiger partial charge in [0, 0.05) is 38.3 Å². The number of halogens is 3. The largest absolute Gasteiger partial charge is 0.416 e. The molecule has 0 saturated carbocycles. The van der Waals surface area contributed by atoms with Crippen molar-refractivity contribution >= 4 is 11.8 Å². The molecule has 0 saturated heterocycles. The molecule has 1 N–H and O–H groups in total. The monoisotopic (exact) mass is 467 g/mol. The molecule has 2 aromatic carbocycles. The molecular weight excluding hydrogens is 443 g/mol. The molecule has 1 unspecified atom stereocenters. The summed E-state index contributed by atoms with van der Waals surface area (Å²) < 4.78 is 38.6. The number of pyridine rings is 1. The van der Waals surface area contributed by atoms with Crippen LogP contribution in [0.25, 0.3) is 0 Å². The summed E-state index contributed by atoms with van der Waals surface area (Å²) in [4.78, 5) is 31.3. The van der Waals surface area contributed by atoms with E-state index < -0.39 is 11.7 Å². The van der Waals surface area contributed by atoms with Gasteiger partial charge in [0.25, 0.3) is 0 Å². The third kappa shape index (κ3) is 5.44. The van der Waals surface area contributed by atoms with Gasteiger partial charge in [-0.15, -0.1) is 0 Å². The van der Waals surface area contributed by atoms with Crippen molar-refractivity contribution in [1.29, 1.82) is 0 Å². The van der Waals surface area contributed by atoms with E-state index in [0.717, 1.165) is 29.7 Å². The lowest BCUT2D eigenvalue weighted by atomic mass is 9.88. The molecule has 0 radical (unpaired) electrons. The molecule has 1 atom stereocenters. The number of hydrogen-bond donors (Lipinski definition) is 1. The van der Waals surface area contributed by atoms with Crippen molar-refractivity contribution in [3.63, 3.8) is 0 Å². The van der Waals surface area contributed by atoms with E-state index in [-0.39, 0.29) is 37.2 Å². The maximum Gasteiger partial charge on any atom is 0.416 e. The Morgan fingerprint density at radius 3 is 2.53 bits per heavy atom. The Hall–Kier alpha value is -3.68. The molecule has 0 fully saturated rings. The Bertz CT molecular complexity index is 1170. The number of nitrogens with one attached hydrogen (secondary N) is 1. The van der Waals surface area contributed by atoms with E-state index in [0.29, 0.717) is 12.1 Å². The summed E-state index contributed by atoms with van der Waals surface area (Å²) in [6, 6.07) is 16.3. The first-order valence-corrected chi connectivity index (χ1v) is 11.0. The summed E-state index contributed by atoms with van der Waals surface area (Å²) in [5.74, 6) is -0.533. The molecule has 0 bridgehead atoms. The van der Waals surface area contributed by atoms with Crippen molar-refractivity contribution in [2.24, 2.45) is 0 Å². The van der Waals surface area contributed by atoms with Crippen LogP contribution in [-0.4, -0.2) is 28.2 Å². The zero-order valence-corrected chi connectivity index (χ0v) is 18.4. The van der Waals surface area contributed by atoms with Gasteiger partial charge in [0.15, 0.2) is 0 Å². The first-order chi connectivity index (χ1) is 16.3. The number of fused-ring (bicyclic) bond motifs is 1. The summed E-state index contributed by atoms with van der Waals surface area (Å²) in [6.45, 7) is 0.502. The number of amides is 2. The Balaban J connectivity index is 1.39. The smallest absolute Gasteiger partial charge is 0.352 e. The van der Waals surface area contributed by atoms with Gasteiger partial charge in [-0.3, -0.25) is 14.6 Å². The molecule has 34 heavy (non-hydrogen) atoms. The van der Waals surface area contributed by atoms with E-state index in [4.69, 9.17) is 0 Å². The lowest BCUT2D eigenvalue weighted by Crippen LogP contribution is -2.41. The van der Waals surface area contributed by atoms with Crippen LogP contribution in [0.5, 0.6) is 0 Å². The Morgan fingerprint density at radius 2 is 1.76 bits per heavy atom. The molecule has 176 valence electrons. The highest BCUT2D eigenvalue weighted by Crippen LogP contribution is 2.35. The van der Waals surface area contributed by atoms with Crippen molar-refractivity contribution in [3.8, 4) is 0 Å². The Morgan fingerprint density at radius 1 is 1.00 bits per heavy atom. The molecule has 0 spiro atoms. The molecule has 1 aromatic heterocycles. The van der Waals surface area contributed by atoms with Crippen LogP contribution in [0.3, 0.4) is 0 Å². The molecule has 1 aliphatic rings. The maximum absolute atomic E-state index is 13.1. The minimum atomic E-state index is -4.44. The lowest BCUT2D eigenvalue weighted by molar-refractivity contribution is -0.137. The van der Waals surface area contributed by atoms with Crippen molar-refractivity contribution < 1.29 is 22.8 Å². The number of alkyl halides is 3. The van der Waals surface area contributed by atoms with Gasteiger partial charge in [-0.2, -0.15) is 13.2 Å². The topological polar surface area (TPSA) is 62.3 Å². The van der Waals surface area contributed by atoms with Crippen LogP contribution in [-0.2, 0) is 28.7 Å². The molecule has 3 aromatic rings. The second-order valence-corrected chi connectivity index (χ2v) is 8.19. The first-order valence-electron chi connectivity index (χ1n) is 11.0. The van der Waals surface area contributed by atoms with Crippen molar-refractivity contribution in [2.45, 2.75) is 38.0 Å². The van der Waals surface area contributed by atoms with Crippen LogP contribution in [0.2, 0.25) is 0 Å². The minimum absolute atomic E-state index is 0.0121. The Labute approximate surface area is 195 Å². The molecule has 0 aliphatic carbocycles. The van der Waals surface area contributed by atoms with E-state index in [1.165, 1.54) is 17.7 Å². The molecule has 2 amide bonds. The van der Waals surface area contributed by atoms with Gasteiger partial charge in [-0.1, -0.05) is 36.4 Å². The van der Waals surface area contributed by atoms with E-state index >= 15 is 0 Å². The van der Waals surface area contributed by atoms with Gasteiger partial charge < -0.3 is 10.2 Å². The summed E-state index contributed by atoms with van der Waals surface area (Å²) in [7, 11) is 0. The average molecular weight is 467 g/mol. The van der Waals surface area contributed by atoms with Gasteiger partial charge in [-0.05, 0) is 52.9 Å². The van der Waals surface area contributed by atoms with E-state index in [9.17, 15) is 22.8 Å². The van der Waals surface area contributed by atoms with Crippen molar-refractivity contribution in [2.75, 3.05) is 6.54 Å². The predicted molar refractivity (Wildman–Crippen MR) is 120 cm³/mol. The number of nitrogens with zero attached hydrogens (tertiary/aromatic N) is 2. The minimum Gasteiger partial charge on any atom is -0.352 e. The number of benzene rings is 2. The fraction of sp³-hybridized carbons (Fsp3) is 0.269. The van der Waals surface area contributed by atoms with Crippen LogP contribution < -0.4 is 5.32 Å². The first kappa shape index (κ1) is 23.5. The second-order valence-electron chi connectivity index (χ2n) is 8.19. The Kier molecular flexibility index (Phi) is 6.95. The summed E-state index contributed by atoms with van der Waals surface area (Å²) in [5, 5.41) is 2.61. The molecule has 1 aliphatic heterocycles. The number of carbonyl (C=O) groups excluding carboxylic acids is 2. The fourth-order valence-corrected chi connectivity index (χ4v) is 4.25. The summed E-state index contributed by atoms with van der Waals surface area (Å²) >= 11 is 0. The van der Waals surface area contributed by atoms with Crippen LogP contribution in [0.15, 0.2) is 73.1 Å². The van der Waals surface area contributed by atoms with Gasteiger partial charge in [0.1, 0.15) is 0 Å². The van der Waals surface area contributed by atoms with Gasteiger partial charge in [0.2, 0.25) is 11.8 Å². The van der Waals surface area contributed by atoms with E-state index in [1.807, 2.05) is 30.3 Å². The third-order valence-electron chi connectivity index (χ3n) is 5.94. The van der Waals surface area contributed by atoms with Crippen LogP contribution >= 0.6 is 0 Å². The SMILES string of the molecule is O=C(CCC(=O)N1CCc2ccccc2C1c1ccncc1)NCc1cccc(C(F)(F)F)c1. The van der Waals surface area contributed by atoms with E-state index in [2.05, 4.69) is 16.4 Å². The highest BCUT2D eigenvalue weighted by Gasteiger charge is 2.32. The summed E-state index contributed by atoms with van der Waals surface area (Å²) in [5.41, 5.74) is 2.78. The normalized spacial score (nSPS) is 15.5. The number of rotatable bonds is 6. The lowest BCUT2D eigenvalue weighted by Gasteiger charge is -2.37. The second kappa shape index (κ2) is 10.1. The molecule has 8 heteroatoms. The highest BCUT2D eigenvalue weighted by atomic mass is 19.4. The van der Waals surface area contributed by atoms with Gasteiger partial charge >= 0.3 is 6.18 Å². The van der Waals surface area contributed by atoms with Crippen LogP contribution in [0.1, 0.15) is 46.7 Å².